The molecular weight excluding hydrogens is 420 g/mol. The van der Waals surface area contributed by atoms with Gasteiger partial charge < -0.3 is 15.1 Å². The number of amides is 1. The first-order valence-corrected chi connectivity index (χ1v) is 10.2. The number of nitrogens with zero attached hydrogens (tertiary/aromatic N) is 6. The van der Waals surface area contributed by atoms with Crippen LogP contribution < -0.4 is 10.6 Å². The minimum atomic E-state index is -0.406. The van der Waals surface area contributed by atoms with Gasteiger partial charge in [-0.05, 0) is 35.6 Å². The van der Waals surface area contributed by atoms with E-state index in [0.717, 1.165) is 27.7 Å². The molecule has 0 saturated heterocycles. The lowest BCUT2D eigenvalue weighted by molar-refractivity contribution is 0.0916. The fraction of sp³-hybridized carbons (Fsp3) is 0.130. The molecule has 0 saturated carbocycles. The minimum Gasteiger partial charge on any atom is -0.440 e. The summed E-state index contributed by atoms with van der Waals surface area (Å²) in [5, 5.41) is 12.2. The quantitative estimate of drug-likeness (QED) is 0.412. The number of carbonyl (C=O) groups excluding carboxylic acids is 1. The van der Waals surface area contributed by atoms with Gasteiger partial charge in [0.1, 0.15) is 23.5 Å². The van der Waals surface area contributed by atoms with Crippen molar-refractivity contribution in [3.63, 3.8) is 0 Å². The van der Waals surface area contributed by atoms with Gasteiger partial charge in [0, 0.05) is 43.6 Å². The summed E-state index contributed by atoms with van der Waals surface area (Å²) in [4.78, 5) is 29.9. The molecule has 0 fully saturated rings. The minimum absolute atomic E-state index is 0.0332. The molecule has 0 aliphatic rings. The maximum Gasteiger partial charge on any atom is 0.307 e. The normalized spacial score (nSPS) is 11.0. The Hall–Kier alpha value is -4.60. The number of aryl methyl sites for hydroxylation is 2. The van der Waals surface area contributed by atoms with E-state index in [0.29, 0.717) is 23.9 Å². The van der Waals surface area contributed by atoms with E-state index in [2.05, 4.69) is 35.7 Å². The van der Waals surface area contributed by atoms with Crippen LogP contribution in [0.3, 0.4) is 0 Å². The van der Waals surface area contributed by atoms with Crippen molar-refractivity contribution in [2.24, 2.45) is 7.05 Å². The molecule has 4 aromatic heterocycles. The number of rotatable bonds is 6. The van der Waals surface area contributed by atoms with Crippen LogP contribution >= 0.6 is 0 Å². The second-order valence-corrected chi connectivity index (χ2v) is 7.47. The van der Waals surface area contributed by atoms with Gasteiger partial charge in [-0.2, -0.15) is 5.10 Å². The number of benzene rings is 1. The Labute approximate surface area is 188 Å². The number of pyridine rings is 1. The first kappa shape index (κ1) is 20.3. The Balaban J connectivity index is 1.30. The van der Waals surface area contributed by atoms with Crippen molar-refractivity contribution in [2.75, 3.05) is 5.32 Å². The van der Waals surface area contributed by atoms with Crippen LogP contribution in [0.5, 0.6) is 0 Å². The molecule has 5 aromatic rings. The standard InChI is InChI=1S/C23H20N8O2/c1-14-10-26-23(29-19-6-8-27-31(19)2)30-20(14)18-13-33-22(28-18)21(32)25-11-15-3-4-17-12-24-7-5-16(17)9-15/h3-10,12-13H,11H2,1-2H3,(H,25,32)(H,26,29,30). The highest BCUT2D eigenvalue weighted by Crippen LogP contribution is 2.22. The highest BCUT2D eigenvalue weighted by Gasteiger charge is 2.17. The topological polar surface area (TPSA) is 124 Å². The third-order valence-electron chi connectivity index (χ3n) is 5.13. The van der Waals surface area contributed by atoms with E-state index in [1.165, 1.54) is 6.26 Å². The number of oxazole rings is 1. The molecule has 0 aliphatic heterocycles. The average molecular weight is 440 g/mol. The molecule has 2 N–H and O–H groups in total. The van der Waals surface area contributed by atoms with Gasteiger partial charge in [0.15, 0.2) is 0 Å². The molecule has 1 amide bonds. The maximum atomic E-state index is 12.6. The lowest BCUT2D eigenvalue weighted by Gasteiger charge is -2.07. The van der Waals surface area contributed by atoms with E-state index in [9.17, 15) is 4.79 Å². The van der Waals surface area contributed by atoms with Crippen LogP contribution in [0.2, 0.25) is 0 Å². The fourth-order valence-electron chi connectivity index (χ4n) is 3.36. The monoisotopic (exact) mass is 440 g/mol. The first-order chi connectivity index (χ1) is 16.1. The Morgan fingerprint density at radius 2 is 2.00 bits per heavy atom. The number of anilines is 2. The van der Waals surface area contributed by atoms with Crippen molar-refractivity contribution in [2.45, 2.75) is 13.5 Å². The average Bonchev–Trinajstić information content (AvgIpc) is 3.48. The van der Waals surface area contributed by atoms with Crippen molar-refractivity contribution in [3.8, 4) is 11.4 Å². The van der Waals surface area contributed by atoms with E-state index in [1.54, 1.807) is 29.5 Å². The van der Waals surface area contributed by atoms with Crippen molar-refractivity contribution in [1.82, 2.24) is 35.0 Å². The van der Waals surface area contributed by atoms with Crippen molar-refractivity contribution < 1.29 is 9.21 Å². The molecule has 164 valence electrons. The Morgan fingerprint density at radius 1 is 1.09 bits per heavy atom. The van der Waals surface area contributed by atoms with Gasteiger partial charge in [0.05, 0.1) is 6.20 Å². The fourth-order valence-corrected chi connectivity index (χ4v) is 3.36. The van der Waals surface area contributed by atoms with Crippen molar-refractivity contribution >= 4 is 28.4 Å². The summed E-state index contributed by atoms with van der Waals surface area (Å²) in [5.41, 5.74) is 2.79. The molecule has 0 aliphatic carbocycles. The number of hydrogen-bond acceptors (Lipinski definition) is 8. The second-order valence-electron chi connectivity index (χ2n) is 7.47. The summed E-state index contributed by atoms with van der Waals surface area (Å²) in [5.74, 6) is 0.694. The Bertz CT molecular complexity index is 1460. The summed E-state index contributed by atoms with van der Waals surface area (Å²) in [6, 6.07) is 9.68. The Kier molecular flexibility index (Phi) is 5.23. The molecule has 0 unspecified atom stereocenters. The maximum absolute atomic E-state index is 12.6. The van der Waals surface area contributed by atoms with Crippen LogP contribution in [0.25, 0.3) is 22.2 Å². The molecule has 5 rings (SSSR count). The van der Waals surface area contributed by atoms with Crippen LogP contribution in [0.4, 0.5) is 11.8 Å². The van der Waals surface area contributed by atoms with Gasteiger partial charge in [0.2, 0.25) is 5.95 Å². The smallest absolute Gasteiger partial charge is 0.307 e. The van der Waals surface area contributed by atoms with Crippen LogP contribution in [0.15, 0.2) is 65.8 Å². The summed E-state index contributed by atoms with van der Waals surface area (Å²) in [6.45, 7) is 2.22. The molecule has 0 radical (unpaired) electrons. The zero-order chi connectivity index (χ0) is 22.8. The molecule has 0 spiro atoms. The van der Waals surface area contributed by atoms with Crippen LogP contribution in [-0.2, 0) is 13.6 Å². The van der Waals surface area contributed by atoms with Gasteiger partial charge in [-0.15, -0.1) is 0 Å². The highest BCUT2D eigenvalue weighted by atomic mass is 16.4. The largest absolute Gasteiger partial charge is 0.440 e. The van der Waals surface area contributed by atoms with E-state index in [4.69, 9.17) is 4.42 Å². The third-order valence-corrected chi connectivity index (χ3v) is 5.13. The molecule has 0 bridgehead atoms. The molecule has 10 heteroatoms. The summed E-state index contributed by atoms with van der Waals surface area (Å²) in [6.07, 6.45) is 8.32. The SMILES string of the molecule is Cc1cnc(Nc2ccnn2C)nc1-c1coc(C(=O)NCc2ccc3cnccc3c2)n1. The van der Waals surface area contributed by atoms with Gasteiger partial charge in [-0.25, -0.2) is 15.0 Å². The number of fused-ring (bicyclic) bond motifs is 1. The predicted octanol–water partition coefficient (Wildman–Crippen LogP) is 3.40. The zero-order valence-corrected chi connectivity index (χ0v) is 18.0. The molecule has 1 aromatic carbocycles. The van der Waals surface area contributed by atoms with Crippen LogP contribution in [0, 0.1) is 6.92 Å². The lowest BCUT2D eigenvalue weighted by atomic mass is 10.1. The first-order valence-electron chi connectivity index (χ1n) is 10.2. The molecular formula is C23H20N8O2. The molecule has 0 atom stereocenters. The molecule has 10 nitrogen and oxygen atoms in total. The van der Waals surface area contributed by atoms with Crippen molar-refractivity contribution in [3.05, 3.63) is 78.4 Å². The summed E-state index contributed by atoms with van der Waals surface area (Å²) in [7, 11) is 1.81. The second kappa shape index (κ2) is 8.50. The van der Waals surface area contributed by atoms with Crippen LogP contribution in [-0.4, -0.2) is 35.6 Å². The summed E-state index contributed by atoms with van der Waals surface area (Å²) >= 11 is 0. The summed E-state index contributed by atoms with van der Waals surface area (Å²) < 4.78 is 7.11. The van der Waals surface area contributed by atoms with Gasteiger partial charge in [0.25, 0.3) is 5.89 Å². The number of hydrogen-bond donors (Lipinski definition) is 2. The van der Waals surface area contributed by atoms with Gasteiger partial charge >= 0.3 is 5.91 Å². The highest BCUT2D eigenvalue weighted by molar-refractivity contribution is 5.90. The van der Waals surface area contributed by atoms with E-state index >= 15 is 0 Å². The number of aromatic nitrogens is 6. The van der Waals surface area contributed by atoms with Crippen LogP contribution in [0.1, 0.15) is 21.8 Å². The number of carbonyl (C=O) groups is 1. The van der Waals surface area contributed by atoms with E-state index in [1.807, 2.05) is 44.3 Å². The van der Waals surface area contributed by atoms with Gasteiger partial charge in [-0.1, -0.05) is 12.1 Å². The van der Waals surface area contributed by atoms with Gasteiger partial charge in [-0.3, -0.25) is 14.5 Å². The molecule has 33 heavy (non-hydrogen) atoms. The van der Waals surface area contributed by atoms with E-state index < -0.39 is 5.91 Å². The third kappa shape index (κ3) is 4.26. The van der Waals surface area contributed by atoms with Crippen molar-refractivity contribution in [1.29, 1.82) is 0 Å². The van der Waals surface area contributed by atoms with E-state index in [-0.39, 0.29) is 5.89 Å². The zero-order valence-electron chi connectivity index (χ0n) is 18.0. The predicted molar refractivity (Wildman–Crippen MR) is 122 cm³/mol. The number of nitrogens with one attached hydrogen (secondary N) is 2. The Morgan fingerprint density at radius 3 is 2.85 bits per heavy atom. The lowest BCUT2D eigenvalue weighted by Crippen LogP contribution is -2.23. The molecule has 4 heterocycles.